The van der Waals surface area contributed by atoms with Crippen molar-refractivity contribution in [3.8, 4) is 0 Å². The van der Waals surface area contributed by atoms with Crippen LogP contribution in [0.4, 0.5) is 5.69 Å². The third-order valence-corrected chi connectivity index (χ3v) is 2.71. The molecular formula is C12H12ClN3O2. The number of halogens is 1. The fraction of sp³-hybridized carbons (Fsp3) is 0.250. The summed E-state index contributed by atoms with van der Waals surface area (Å²) in [6, 6.07) is 7.12. The summed E-state index contributed by atoms with van der Waals surface area (Å²) in [6.45, 7) is 3.40. The fourth-order valence-electron chi connectivity index (χ4n) is 1.58. The van der Waals surface area contributed by atoms with Crippen molar-refractivity contribution >= 4 is 23.2 Å². The number of nitrogens with zero attached hydrogens (tertiary/aromatic N) is 3. The van der Waals surface area contributed by atoms with E-state index < -0.39 is 0 Å². The summed E-state index contributed by atoms with van der Waals surface area (Å²) in [7, 11) is 0. The van der Waals surface area contributed by atoms with Crippen LogP contribution in [0.25, 0.3) is 0 Å². The van der Waals surface area contributed by atoms with Gasteiger partial charge in [-0.05, 0) is 19.1 Å². The molecule has 0 fully saturated rings. The van der Waals surface area contributed by atoms with Crippen LogP contribution in [-0.4, -0.2) is 16.0 Å². The SMILES string of the molecule is CC(=O)N(Cc1nc(C)no1)c1ccccc1Cl. The van der Waals surface area contributed by atoms with Crippen molar-refractivity contribution in [3.05, 3.63) is 41.0 Å². The number of anilines is 1. The van der Waals surface area contributed by atoms with E-state index in [-0.39, 0.29) is 12.5 Å². The molecule has 18 heavy (non-hydrogen) atoms. The molecule has 1 heterocycles. The maximum absolute atomic E-state index is 11.7. The molecule has 0 bridgehead atoms. The molecule has 2 aromatic rings. The summed E-state index contributed by atoms with van der Waals surface area (Å²) in [5.41, 5.74) is 0.627. The second kappa shape index (κ2) is 5.18. The standard InChI is InChI=1S/C12H12ClN3O2/c1-8-14-12(18-15-8)7-16(9(2)17)11-6-4-3-5-10(11)13/h3-6H,7H2,1-2H3. The Morgan fingerprint density at radius 2 is 2.17 bits per heavy atom. The van der Waals surface area contributed by atoms with Crippen LogP contribution in [0.1, 0.15) is 18.6 Å². The molecule has 1 amide bonds. The molecule has 0 aliphatic carbocycles. The zero-order chi connectivity index (χ0) is 13.1. The van der Waals surface area contributed by atoms with E-state index in [0.717, 1.165) is 0 Å². The van der Waals surface area contributed by atoms with E-state index in [0.29, 0.717) is 22.4 Å². The summed E-state index contributed by atoms with van der Waals surface area (Å²) in [5.74, 6) is 0.772. The van der Waals surface area contributed by atoms with Crippen molar-refractivity contribution < 1.29 is 9.32 Å². The molecule has 1 aromatic carbocycles. The first-order valence-electron chi connectivity index (χ1n) is 5.39. The Balaban J connectivity index is 2.30. The van der Waals surface area contributed by atoms with Gasteiger partial charge in [0.2, 0.25) is 11.8 Å². The Morgan fingerprint density at radius 1 is 1.44 bits per heavy atom. The summed E-state index contributed by atoms with van der Waals surface area (Å²) in [5, 5.41) is 4.19. The van der Waals surface area contributed by atoms with Crippen LogP contribution in [-0.2, 0) is 11.3 Å². The molecule has 5 nitrogen and oxygen atoms in total. The summed E-state index contributed by atoms with van der Waals surface area (Å²) in [4.78, 5) is 17.3. The Morgan fingerprint density at radius 3 is 2.72 bits per heavy atom. The average Bonchev–Trinajstić information content (AvgIpc) is 2.73. The van der Waals surface area contributed by atoms with Gasteiger partial charge in [-0.2, -0.15) is 4.98 Å². The first kappa shape index (κ1) is 12.6. The number of benzene rings is 1. The maximum atomic E-state index is 11.7. The van der Waals surface area contributed by atoms with E-state index in [2.05, 4.69) is 10.1 Å². The molecule has 0 aliphatic heterocycles. The highest BCUT2D eigenvalue weighted by Crippen LogP contribution is 2.26. The normalized spacial score (nSPS) is 10.4. The van der Waals surface area contributed by atoms with Gasteiger partial charge in [0.25, 0.3) is 0 Å². The van der Waals surface area contributed by atoms with E-state index in [1.165, 1.54) is 11.8 Å². The molecule has 94 valence electrons. The van der Waals surface area contributed by atoms with Crippen molar-refractivity contribution in [2.45, 2.75) is 20.4 Å². The lowest BCUT2D eigenvalue weighted by molar-refractivity contribution is -0.116. The van der Waals surface area contributed by atoms with Gasteiger partial charge in [-0.1, -0.05) is 28.9 Å². The highest BCUT2D eigenvalue weighted by Gasteiger charge is 2.17. The summed E-state index contributed by atoms with van der Waals surface area (Å²) < 4.78 is 5.01. The van der Waals surface area contributed by atoms with E-state index in [1.807, 2.05) is 6.07 Å². The van der Waals surface area contributed by atoms with E-state index >= 15 is 0 Å². The second-order valence-electron chi connectivity index (χ2n) is 3.79. The van der Waals surface area contributed by atoms with Gasteiger partial charge in [0.15, 0.2) is 5.82 Å². The van der Waals surface area contributed by atoms with E-state index in [9.17, 15) is 4.79 Å². The largest absolute Gasteiger partial charge is 0.337 e. The van der Waals surface area contributed by atoms with Gasteiger partial charge in [-0.15, -0.1) is 0 Å². The lowest BCUT2D eigenvalue weighted by atomic mass is 10.3. The van der Waals surface area contributed by atoms with Crippen LogP contribution < -0.4 is 4.90 Å². The Bertz CT molecular complexity index is 568. The van der Waals surface area contributed by atoms with Crippen LogP contribution in [0.2, 0.25) is 5.02 Å². The van der Waals surface area contributed by atoms with Gasteiger partial charge < -0.3 is 9.42 Å². The quantitative estimate of drug-likeness (QED) is 0.856. The number of para-hydroxylation sites is 1. The molecule has 0 N–H and O–H groups in total. The molecule has 6 heteroatoms. The molecule has 2 rings (SSSR count). The minimum Gasteiger partial charge on any atom is -0.337 e. The van der Waals surface area contributed by atoms with Crippen molar-refractivity contribution in [1.29, 1.82) is 0 Å². The van der Waals surface area contributed by atoms with Crippen molar-refractivity contribution in [1.82, 2.24) is 10.1 Å². The Kier molecular flexibility index (Phi) is 3.62. The number of aryl methyl sites for hydroxylation is 1. The number of hydrogen-bond acceptors (Lipinski definition) is 4. The molecule has 0 saturated heterocycles. The summed E-state index contributed by atoms with van der Waals surface area (Å²) in [6.07, 6.45) is 0. The number of rotatable bonds is 3. The number of carbonyl (C=O) groups is 1. The molecule has 0 saturated carbocycles. The molecule has 0 atom stereocenters. The highest BCUT2D eigenvalue weighted by molar-refractivity contribution is 6.33. The molecule has 0 spiro atoms. The molecular weight excluding hydrogens is 254 g/mol. The predicted molar refractivity (Wildman–Crippen MR) is 67.4 cm³/mol. The van der Waals surface area contributed by atoms with Gasteiger partial charge >= 0.3 is 0 Å². The van der Waals surface area contributed by atoms with Crippen LogP contribution in [0.3, 0.4) is 0 Å². The van der Waals surface area contributed by atoms with Gasteiger partial charge in [0, 0.05) is 6.92 Å². The van der Waals surface area contributed by atoms with Crippen LogP contribution in [0, 0.1) is 6.92 Å². The first-order valence-corrected chi connectivity index (χ1v) is 5.77. The van der Waals surface area contributed by atoms with Gasteiger partial charge in [-0.3, -0.25) is 4.79 Å². The number of hydrogen-bond donors (Lipinski definition) is 0. The van der Waals surface area contributed by atoms with E-state index in [1.54, 1.807) is 25.1 Å². The fourth-order valence-corrected chi connectivity index (χ4v) is 1.81. The lowest BCUT2D eigenvalue weighted by Crippen LogP contribution is -2.28. The number of amides is 1. The van der Waals surface area contributed by atoms with Crippen molar-refractivity contribution in [2.24, 2.45) is 0 Å². The molecule has 0 radical (unpaired) electrons. The first-order chi connectivity index (χ1) is 8.58. The van der Waals surface area contributed by atoms with Crippen LogP contribution in [0.15, 0.2) is 28.8 Å². The van der Waals surface area contributed by atoms with Gasteiger partial charge in [0.1, 0.15) is 6.54 Å². The third kappa shape index (κ3) is 2.68. The molecule has 0 aliphatic rings. The van der Waals surface area contributed by atoms with Crippen molar-refractivity contribution in [3.63, 3.8) is 0 Å². The topological polar surface area (TPSA) is 59.2 Å². The average molecular weight is 266 g/mol. The molecule has 1 aromatic heterocycles. The van der Waals surface area contributed by atoms with E-state index in [4.69, 9.17) is 16.1 Å². The summed E-state index contributed by atoms with van der Waals surface area (Å²) >= 11 is 6.07. The number of carbonyl (C=O) groups excluding carboxylic acids is 1. The lowest BCUT2D eigenvalue weighted by Gasteiger charge is -2.20. The predicted octanol–water partition coefficient (Wildman–Crippen LogP) is 2.58. The Labute approximate surface area is 109 Å². The van der Waals surface area contributed by atoms with Crippen LogP contribution >= 0.6 is 11.6 Å². The highest BCUT2D eigenvalue weighted by atomic mass is 35.5. The third-order valence-electron chi connectivity index (χ3n) is 2.39. The molecule has 0 unspecified atom stereocenters. The van der Waals surface area contributed by atoms with Crippen molar-refractivity contribution in [2.75, 3.05) is 4.90 Å². The minimum atomic E-state index is -0.140. The van der Waals surface area contributed by atoms with Gasteiger partial charge in [-0.25, -0.2) is 0 Å². The van der Waals surface area contributed by atoms with Crippen LogP contribution in [0.5, 0.6) is 0 Å². The monoisotopic (exact) mass is 265 g/mol. The second-order valence-corrected chi connectivity index (χ2v) is 4.20. The van der Waals surface area contributed by atoms with Gasteiger partial charge in [0.05, 0.1) is 10.7 Å². The zero-order valence-corrected chi connectivity index (χ0v) is 10.8. The maximum Gasteiger partial charge on any atom is 0.246 e. The Hall–Kier alpha value is -1.88. The minimum absolute atomic E-state index is 0.140. The zero-order valence-electron chi connectivity index (χ0n) is 10.1. The smallest absolute Gasteiger partial charge is 0.246 e. The number of aromatic nitrogens is 2.